The van der Waals surface area contributed by atoms with Crippen molar-refractivity contribution in [1.29, 1.82) is 0 Å². The molecule has 5 heteroatoms. The van der Waals surface area contributed by atoms with E-state index < -0.39 is 12.7 Å². The van der Waals surface area contributed by atoms with Gasteiger partial charge in [0.2, 0.25) is 0 Å². The average Bonchev–Trinajstić information content (AvgIpc) is 1.94. The molecule has 0 aliphatic heterocycles. The van der Waals surface area contributed by atoms with Crippen molar-refractivity contribution in [2.24, 2.45) is 0 Å². The Balaban J connectivity index is 3.07. The van der Waals surface area contributed by atoms with Crippen molar-refractivity contribution < 1.29 is 13.2 Å². The number of hydrogen-bond acceptors (Lipinski definition) is 2. The van der Waals surface area contributed by atoms with Crippen molar-refractivity contribution in [3.63, 3.8) is 0 Å². The van der Waals surface area contributed by atoms with Gasteiger partial charge in [-0.05, 0) is 0 Å². The molecule has 0 aromatic heterocycles. The normalized spacial score (nSPS) is 11.2. The van der Waals surface area contributed by atoms with E-state index in [2.05, 4.69) is 11.2 Å². The van der Waals surface area contributed by atoms with Crippen LogP contribution in [-0.4, -0.2) is 30.8 Å². The molecule has 1 N–H and O–H groups in total. The Bertz CT molecular complexity index is 150. The van der Waals surface area contributed by atoms with Crippen LogP contribution < -0.4 is 5.32 Å². The van der Waals surface area contributed by atoms with Crippen LogP contribution in [0.15, 0.2) is 0 Å². The van der Waals surface area contributed by atoms with E-state index in [0.717, 1.165) is 0 Å². The Labute approximate surface area is 74.1 Å². The van der Waals surface area contributed by atoms with Crippen molar-refractivity contribution in [3.8, 4) is 12.3 Å². The lowest BCUT2D eigenvalue weighted by molar-refractivity contribution is -0.124. The number of alkyl halides is 3. The molecule has 0 aliphatic carbocycles. The topological polar surface area (TPSA) is 12.0 Å². The monoisotopic (exact) mass is 197 g/mol. The van der Waals surface area contributed by atoms with Gasteiger partial charge in [-0.3, -0.25) is 0 Å². The maximum absolute atomic E-state index is 11.5. The third kappa shape index (κ3) is 9.66. The molecule has 0 aromatic carbocycles. The average molecular weight is 197 g/mol. The molecule has 0 amide bonds. The quantitative estimate of drug-likeness (QED) is 0.529. The summed E-state index contributed by atoms with van der Waals surface area (Å²) in [6, 6.07) is 0. The lowest BCUT2D eigenvalue weighted by atomic mass is 10.6. The summed E-state index contributed by atoms with van der Waals surface area (Å²) >= 11 is 1.44. The van der Waals surface area contributed by atoms with Crippen LogP contribution in [0.2, 0.25) is 0 Å². The number of rotatable bonds is 5. The van der Waals surface area contributed by atoms with E-state index in [0.29, 0.717) is 18.1 Å². The second kappa shape index (κ2) is 6.21. The summed E-state index contributed by atoms with van der Waals surface area (Å²) in [7, 11) is 0. The molecule has 0 unspecified atom stereocenters. The SMILES string of the molecule is C#CCSCCNCC(F)(F)F. The molecule has 70 valence electrons. The Morgan fingerprint density at radius 2 is 2.08 bits per heavy atom. The minimum absolute atomic E-state index is 0.339. The van der Waals surface area contributed by atoms with Crippen LogP contribution in [0.3, 0.4) is 0 Å². The number of halogens is 3. The molecule has 0 fully saturated rings. The van der Waals surface area contributed by atoms with Crippen molar-refractivity contribution in [2.75, 3.05) is 24.6 Å². The van der Waals surface area contributed by atoms with E-state index in [1.165, 1.54) is 11.8 Å². The smallest absolute Gasteiger partial charge is 0.308 e. The number of terminal acetylenes is 1. The summed E-state index contributed by atoms with van der Waals surface area (Å²) in [5.41, 5.74) is 0. The van der Waals surface area contributed by atoms with Crippen LogP contribution in [0.1, 0.15) is 0 Å². The summed E-state index contributed by atoms with van der Waals surface area (Å²) in [6.07, 6.45) is 0.827. The molecule has 0 saturated carbocycles. The second-order valence-corrected chi connectivity index (χ2v) is 3.15. The summed E-state index contributed by atoms with van der Waals surface area (Å²) in [6.45, 7) is -0.588. The van der Waals surface area contributed by atoms with Crippen LogP contribution in [0.5, 0.6) is 0 Å². The van der Waals surface area contributed by atoms with Crippen molar-refractivity contribution >= 4 is 11.8 Å². The highest BCUT2D eigenvalue weighted by atomic mass is 32.2. The zero-order valence-corrected chi connectivity index (χ0v) is 7.26. The molecule has 0 aromatic rings. The molecular formula is C7H10F3NS. The summed E-state index contributed by atoms with van der Waals surface area (Å²) in [5, 5.41) is 2.27. The van der Waals surface area contributed by atoms with Gasteiger partial charge >= 0.3 is 6.18 Å². The van der Waals surface area contributed by atoms with E-state index in [9.17, 15) is 13.2 Å². The molecule has 0 saturated heterocycles. The number of hydrogen-bond donors (Lipinski definition) is 1. The minimum Gasteiger partial charge on any atom is -0.308 e. The van der Waals surface area contributed by atoms with Gasteiger partial charge in [0.25, 0.3) is 0 Å². The van der Waals surface area contributed by atoms with E-state index in [1.54, 1.807) is 0 Å². The van der Waals surface area contributed by atoms with E-state index in [-0.39, 0.29) is 0 Å². The first-order valence-electron chi connectivity index (χ1n) is 3.35. The second-order valence-electron chi connectivity index (χ2n) is 2.05. The summed E-state index contributed by atoms with van der Waals surface area (Å²) in [4.78, 5) is 0. The van der Waals surface area contributed by atoms with Crippen LogP contribution >= 0.6 is 11.8 Å². The fourth-order valence-electron chi connectivity index (χ4n) is 0.506. The van der Waals surface area contributed by atoms with Gasteiger partial charge < -0.3 is 5.32 Å². The lowest BCUT2D eigenvalue weighted by Gasteiger charge is -2.06. The van der Waals surface area contributed by atoms with Gasteiger partial charge in [0.05, 0.1) is 12.3 Å². The van der Waals surface area contributed by atoms with Gasteiger partial charge in [-0.1, -0.05) is 5.92 Å². The lowest BCUT2D eigenvalue weighted by Crippen LogP contribution is -2.30. The van der Waals surface area contributed by atoms with Gasteiger partial charge in [-0.25, -0.2) is 0 Å². The Morgan fingerprint density at radius 1 is 1.42 bits per heavy atom. The predicted molar refractivity (Wildman–Crippen MR) is 45.1 cm³/mol. The molecule has 0 aliphatic rings. The first kappa shape index (κ1) is 11.7. The third-order valence-corrected chi connectivity index (χ3v) is 1.80. The van der Waals surface area contributed by atoms with Crippen LogP contribution in [0, 0.1) is 12.3 Å². The van der Waals surface area contributed by atoms with Gasteiger partial charge in [0.15, 0.2) is 0 Å². The predicted octanol–water partition coefficient (Wildman–Crippen LogP) is 1.50. The summed E-state index contributed by atoms with van der Waals surface area (Å²) < 4.78 is 34.6. The Morgan fingerprint density at radius 3 is 2.58 bits per heavy atom. The fourth-order valence-corrected chi connectivity index (χ4v) is 1.06. The molecular weight excluding hydrogens is 187 g/mol. The Kier molecular flexibility index (Phi) is 6.03. The van der Waals surface area contributed by atoms with Crippen LogP contribution in [0.25, 0.3) is 0 Å². The highest BCUT2D eigenvalue weighted by Crippen LogP contribution is 2.11. The molecule has 0 spiro atoms. The largest absolute Gasteiger partial charge is 0.401 e. The van der Waals surface area contributed by atoms with Gasteiger partial charge in [0.1, 0.15) is 0 Å². The van der Waals surface area contributed by atoms with Gasteiger partial charge in [-0.2, -0.15) is 13.2 Å². The first-order valence-corrected chi connectivity index (χ1v) is 4.50. The highest BCUT2D eigenvalue weighted by molar-refractivity contribution is 7.99. The summed E-state index contributed by atoms with van der Waals surface area (Å²) in [5.74, 6) is 3.55. The maximum Gasteiger partial charge on any atom is 0.401 e. The molecule has 1 nitrogen and oxygen atoms in total. The van der Waals surface area contributed by atoms with Crippen molar-refractivity contribution in [1.82, 2.24) is 5.32 Å². The molecule has 0 heterocycles. The minimum atomic E-state index is -4.11. The van der Waals surface area contributed by atoms with Gasteiger partial charge in [0, 0.05) is 12.3 Å². The highest BCUT2D eigenvalue weighted by Gasteiger charge is 2.25. The third-order valence-electron chi connectivity index (χ3n) is 0.934. The first-order chi connectivity index (χ1) is 5.56. The number of nitrogens with one attached hydrogen (secondary N) is 1. The van der Waals surface area contributed by atoms with Crippen LogP contribution in [0.4, 0.5) is 13.2 Å². The number of thioether (sulfide) groups is 1. The standard InChI is InChI=1S/C7H10F3NS/c1-2-4-12-5-3-11-6-7(8,9)10/h1,11H,3-6H2. The van der Waals surface area contributed by atoms with E-state index in [1.807, 2.05) is 0 Å². The molecule has 0 rings (SSSR count). The Hall–Kier alpha value is -0.340. The van der Waals surface area contributed by atoms with Crippen molar-refractivity contribution in [2.45, 2.75) is 6.18 Å². The molecule has 0 bridgehead atoms. The molecule has 0 radical (unpaired) electrons. The van der Waals surface area contributed by atoms with Crippen molar-refractivity contribution in [3.05, 3.63) is 0 Å². The maximum atomic E-state index is 11.5. The van der Waals surface area contributed by atoms with Gasteiger partial charge in [-0.15, -0.1) is 18.2 Å². The van der Waals surface area contributed by atoms with E-state index in [4.69, 9.17) is 6.42 Å². The zero-order valence-electron chi connectivity index (χ0n) is 6.45. The van der Waals surface area contributed by atoms with Crippen LogP contribution in [-0.2, 0) is 0 Å². The zero-order chi connectivity index (χ0) is 9.45. The molecule has 12 heavy (non-hydrogen) atoms. The fraction of sp³-hybridized carbons (Fsp3) is 0.714. The van der Waals surface area contributed by atoms with E-state index >= 15 is 0 Å². The molecule has 0 atom stereocenters.